The first-order valence-electron chi connectivity index (χ1n) is 6.52. The molecule has 0 fully saturated rings. The molecule has 2 atom stereocenters. The molecule has 0 radical (unpaired) electrons. The van der Waals surface area contributed by atoms with Crippen molar-refractivity contribution in [1.29, 1.82) is 0 Å². The van der Waals surface area contributed by atoms with Crippen LogP contribution in [0.1, 0.15) is 24.2 Å². The van der Waals surface area contributed by atoms with Crippen molar-refractivity contribution in [3.05, 3.63) is 63.6 Å². The third kappa shape index (κ3) is 3.80. The van der Waals surface area contributed by atoms with Crippen molar-refractivity contribution >= 4 is 15.9 Å². The highest BCUT2D eigenvalue weighted by molar-refractivity contribution is 9.10. The quantitative estimate of drug-likeness (QED) is 0.819. The smallest absolute Gasteiger partial charge is 0.200 e. The summed E-state index contributed by atoms with van der Waals surface area (Å²) in [6, 6.07) is 9.66. The molecule has 0 amide bonds. The second kappa shape index (κ2) is 6.54. The van der Waals surface area contributed by atoms with E-state index in [1.54, 1.807) is 6.92 Å². The zero-order valence-corrected chi connectivity index (χ0v) is 13.3. The van der Waals surface area contributed by atoms with Crippen LogP contribution in [-0.2, 0) is 0 Å². The van der Waals surface area contributed by atoms with Crippen LogP contribution < -0.4 is 10.5 Å². The lowest BCUT2D eigenvalue weighted by atomic mass is 10.0. The second-order valence-corrected chi connectivity index (χ2v) is 5.93. The van der Waals surface area contributed by atoms with Crippen LogP contribution in [0.25, 0.3) is 0 Å². The Kier molecular flexibility index (Phi) is 4.96. The fourth-order valence-electron chi connectivity index (χ4n) is 2.08. The van der Waals surface area contributed by atoms with Crippen LogP contribution >= 0.6 is 15.9 Å². The second-order valence-electron chi connectivity index (χ2n) is 5.01. The third-order valence-electron chi connectivity index (χ3n) is 3.06. The Bertz CT molecular complexity index is 646. The lowest BCUT2D eigenvalue weighted by molar-refractivity contribution is 0.170. The summed E-state index contributed by atoms with van der Waals surface area (Å²) < 4.78 is 33.3. The molecule has 2 N–H and O–H groups in total. The van der Waals surface area contributed by atoms with Crippen LogP contribution in [0.15, 0.2) is 40.9 Å². The molecule has 21 heavy (non-hydrogen) atoms. The Balaban J connectivity index is 2.38. The van der Waals surface area contributed by atoms with E-state index in [4.69, 9.17) is 10.5 Å². The predicted octanol–water partition coefficient (Wildman–Crippen LogP) is 4.50. The number of aryl methyl sites for hydroxylation is 1. The fraction of sp³-hybridized carbons (Fsp3) is 0.250. The molecule has 0 saturated carbocycles. The van der Waals surface area contributed by atoms with Crippen molar-refractivity contribution in [2.24, 2.45) is 5.73 Å². The number of rotatable bonds is 4. The minimum atomic E-state index is -1.02. The van der Waals surface area contributed by atoms with Crippen LogP contribution in [0.5, 0.6) is 5.75 Å². The Hall–Kier alpha value is -1.46. The van der Waals surface area contributed by atoms with Gasteiger partial charge in [-0.2, -0.15) is 4.39 Å². The molecule has 0 spiro atoms. The molecular weight excluding hydrogens is 340 g/mol. The van der Waals surface area contributed by atoms with Crippen LogP contribution in [0, 0.1) is 18.6 Å². The van der Waals surface area contributed by atoms with E-state index in [2.05, 4.69) is 15.9 Å². The fourth-order valence-corrected chi connectivity index (χ4v) is 2.49. The zero-order chi connectivity index (χ0) is 15.6. The Labute approximate surface area is 131 Å². The molecule has 0 bridgehead atoms. The van der Waals surface area contributed by atoms with Gasteiger partial charge in [-0.1, -0.05) is 45.8 Å². The van der Waals surface area contributed by atoms with E-state index in [9.17, 15) is 8.78 Å². The SMILES string of the molecule is Cc1cccc(C(Oc2cc(Br)cc(F)c2F)C(C)N)c1. The van der Waals surface area contributed by atoms with Crippen molar-refractivity contribution in [2.75, 3.05) is 0 Å². The van der Waals surface area contributed by atoms with Crippen LogP contribution in [0.3, 0.4) is 0 Å². The van der Waals surface area contributed by atoms with Gasteiger partial charge >= 0.3 is 0 Å². The van der Waals surface area contributed by atoms with Gasteiger partial charge in [0.15, 0.2) is 11.6 Å². The molecule has 0 saturated heterocycles. The van der Waals surface area contributed by atoms with Gasteiger partial charge in [-0.15, -0.1) is 0 Å². The maximum Gasteiger partial charge on any atom is 0.200 e. The minimum Gasteiger partial charge on any atom is -0.481 e. The van der Waals surface area contributed by atoms with Gasteiger partial charge in [-0.25, -0.2) is 4.39 Å². The first-order valence-corrected chi connectivity index (χ1v) is 7.31. The Morgan fingerprint density at radius 3 is 2.52 bits per heavy atom. The van der Waals surface area contributed by atoms with Crippen molar-refractivity contribution in [1.82, 2.24) is 0 Å². The molecule has 0 heterocycles. The van der Waals surface area contributed by atoms with E-state index in [0.717, 1.165) is 17.2 Å². The van der Waals surface area contributed by atoms with Crippen molar-refractivity contribution in [3.63, 3.8) is 0 Å². The molecule has 2 unspecified atom stereocenters. The highest BCUT2D eigenvalue weighted by Crippen LogP contribution is 2.30. The standard InChI is InChI=1S/C16H16BrF2NO/c1-9-4-3-5-11(6-9)16(10(2)20)21-14-8-12(17)7-13(18)15(14)19/h3-8,10,16H,20H2,1-2H3. The summed E-state index contributed by atoms with van der Waals surface area (Å²) in [7, 11) is 0. The van der Waals surface area contributed by atoms with Gasteiger partial charge in [-0.05, 0) is 31.5 Å². The summed E-state index contributed by atoms with van der Waals surface area (Å²) in [6.45, 7) is 3.71. The summed E-state index contributed by atoms with van der Waals surface area (Å²) in [4.78, 5) is 0. The number of hydrogen-bond donors (Lipinski definition) is 1. The Morgan fingerprint density at radius 2 is 1.90 bits per heavy atom. The van der Waals surface area contributed by atoms with Crippen molar-refractivity contribution in [3.8, 4) is 5.75 Å². The molecular formula is C16H16BrF2NO. The first-order chi connectivity index (χ1) is 9.88. The minimum absolute atomic E-state index is 0.161. The maximum atomic E-state index is 13.8. The number of hydrogen-bond acceptors (Lipinski definition) is 2. The van der Waals surface area contributed by atoms with E-state index in [0.29, 0.717) is 4.47 Å². The lowest BCUT2D eigenvalue weighted by Crippen LogP contribution is -2.29. The Morgan fingerprint density at radius 1 is 1.19 bits per heavy atom. The molecule has 0 aliphatic rings. The molecule has 2 rings (SSSR count). The molecule has 0 aliphatic heterocycles. The largest absolute Gasteiger partial charge is 0.481 e. The normalized spacial score (nSPS) is 13.8. The van der Waals surface area contributed by atoms with E-state index in [1.165, 1.54) is 6.07 Å². The summed E-state index contributed by atoms with van der Waals surface area (Å²) >= 11 is 3.12. The van der Waals surface area contributed by atoms with Crippen LogP contribution in [0.4, 0.5) is 8.78 Å². The summed E-state index contributed by atoms with van der Waals surface area (Å²) in [5.74, 6) is -2.14. The van der Waals surface area contributed by atoms with Crippen molar-refractivity contribution < 1.29 is 13.5 Å². The molecule has 112 valence electrons. The molecule has 0 aliphatic carbocycles. The molecule has 0 aromatic heterocycles. The first kappa shape index (κ1) is 15.9. The van der Waals surface area contributed by atoms with Crippen molar-refractivity contribution in [2.45, 2.75) is 26.0 Å². The lowest BCUT2D eigenvalue weighted by Gasteiger charge is -2.23. The average molecular weight is 356 g/mol. The zero-order valence-electron chi connectivity index (χ0n) is 11.7. The van der Waals surface area contributed by atoms with Gasteiger partial charge in [0, 0.05) is 10.5 Å². The van der Waals surface area contributed by atoms with Gasteiger partial charge in [0.1, 0.15) is 6.10 Å². The summed E-state index contributed by atoms with van der Waals surface area (Å²) in [5.41, 5.74) is 7.81. The van der Waals surface area contributed by atoms with E-state index < -0.39 is 17.7 Å². The topological polar surface area (TPSA) is 35.2 Å². The van der Waals surface area contributed by atoms with E-state index >= 15 is 0 Å². The summed E-state index contributed by atoms with van der Waals surface area (Å²) in [6.07, 6.45) is -0.562. The molecule has 2 nitrogen and oxygen atoms in total. The average Bonchev–Trinajstić information content (AvgIpc) is 2.40. The van der Waals surface area contributed by atoms with Crippen LogP contribution in [0.2, 0.25) is 0 Å². The van der Waals surface area contributed by atoms with Gasteiger partial charge in [-0.3, -0.25) is 0 Å². The maximum absolute atomic E-state index is 13.8. The van der Waals surface area contributed by atoms with Gasteiger partial charge in [0.25, 0.3) is 0 Å². The third-order valence-corrected chi connectivity index (χ3v) is 3.52. The van der Waals surface area contributed by atoms with Crippen LogP contribution in [-0.4, -0.2) is 6.04 Å². The molecule has 2 aromatic carbocycles. The number of nitrogens with two attached hydrogens (primary N) is 1. The molecule has 2 aromatic rings. The van der Waals surface area contributed by atoms with E-state index in [-0.39, 0.29) is 11.8 Å². The highest BCUT2D eigenvalue weighted by atomic mass is 79.9. The number of halogens is 3. The summed E-state index contributed by atoms with van der Waals surface area (Å²) in [5, 5.41) is 0. The van der Waals surface area contributed by atoms with E-state index in [1.807, 2.05) is 31.2 Å². The number of benzene rings is 2. The monoisotopic (exact) mass is 355 g/mol. The predicted molar refractivity (Wildman–Crippen MR) is 82.3 cm³/mol. The number of ether oxygens (including phenoxy) is 1. The van der Waals surface area contributed by atoms with Gasteiger partial charge in [0.05, 0.1) is 0 Å². The molecule has 5 heteroatoms. The van der Waals surface area contributed by atoms with Gasteiger partial charge < -0.3 is 10.5 Å². The highest BCUT2D eigenvalue weighted by Gasteiger charge is 2.21. The van der Waals surface area contributed by atoms with Gasteiger partial charge in [0.2, 0.25) is 5.82 Å².